The predicted octanol–water partition coefficient (Wildman–Crippen LogP) is 5.24. The lowest BCUT2D eigenvalue weighted by Crippen LogP contribution is -2.44. The van der Waals surface area contributed by atoms with Gasteiger partial charge in [0.1, 0.15) is 29.8 Å². The Kier molecular flexibility index (Phi) is 8.31. The third kappa shape index (κ3) is 7.08. The van der Waals surface area contributed by atoms with Crippen LogP contribution in [0, 0.1) is 11.6 Å². The number of amides is 2. The van der Waals surface area contributed by atoms with Crippen LogP contribution >= 0.6 is 0 Å². The number of aromatic nitrogens is 3. The molecule has 12 heteroatoms. The molecule has 1 fully saturated rings. The van der Waals surface area contributed by atoms with Gasteiger partial charge in [-0.1, -0.05) is 32.0 Å². The van der Waals surface area contributed by atoms with Crippen molar-refractivity contribution in [3.05, 3.63) is 65.9 Å². The molecule has 5 rings (SSSR count). The van der Waals surface area contributed by atoms with Gasteiger partial charge in [-0.3, -0.25) is 15.3 Å². The van der Waals surface area contributed by atoms with Gasteiger partial charge >= 0.3 is 6.03 Å². The van der Waals surface area contributed by atoms with Crippen LogP contribution < -0.4 is 20.7 Å². The summed E-state index contributed by atoms with van der Waals surface area (Å²) in [6.45, 7) is 11.0. The summed E-state index contributed by atoms with van der Waals surface area (Å²) in [5, 5.41) is 19.1. The minimum Gasteiger partial charge on any atom is -0.492 e. The van der Waals surface area contributed by atoms with E-state index < -0.39 is 17.7 Å². The Bertz CT molecular complexity index is 1510. The van der Waals surface area contributed by atoms with Gasteiger partial charge in [0, 0.05) is 61.4 Å². The van der Waals surface area contributed by atoms with Crippen molar-refractivity contribution < 1.29 is 22.8 Å². The van der Waals surface area contributed by atoms with Crippen LogP contribution in [0.1, 0.15) is 26.5 Å². The summed E-state index contributed by atoms with van der Waals surface area (Å²) in [6, 6.07) is 11.5. The van der Waals surface area contributed by atoms with Crippen LogP contribution in [0.4, 0.5) is 25.1 Å². The minimum absolute atomic E-state index is 0.0277. The monoisotopic (exact) mass is 565 g/mol. The number of piperazine rings is 1. The van der Waals surface area contributed by atoms with Crippen molar-refractivity contribution in [3.63, 3.8) is 0 Å². The van der Waals surface area contributed by atoms with Crippen LogP contribution in [-0.2, 0) is 5.41 Å². The van der Waals surface area contributed by atoms with Gasteiger partial charge in [0.25, 0.3) is 0 Å². The van der Waals surface area contributed by atoms with E-state index in [2.05, 4.69) is 36.2 Å². The Morgan fingerprint density at radius 2 is 1.85 bits per heavy atom. The van der Waals surface area contributed by atoms with Gasteiger partial charge in [0.2, 0.25) is 0 Å². The van der Waals surface area contributed by atoms with Crippen molar-refractivity contribution in [2.45, 2.75) is 26.2 Å². The van der Waals surface area contributed by atoms with E-state index in [1.165, 1.54) is 18.2 Å². The first-order chi connectivity index (χ1) is 19.7. The summed E-state index contributed by atoms with van der Waals surface area (Å²) in [5.41, 5.74) is 1.33. The number of aromatic amines is 1. The summed E-state index contributed by atoms with van der Waals surface area (Å²) in [7, 11) is 0. The zero-order valence-corrected chi connectivity index (χ0v) is 23.2. The molecule has 1 saturated heterocycles. The number of rotatable bonds is 8. The lowest BCUT2D eigenvalue weighted by molar-refractivity contribution is 0.191. The van der Waals surface area contributed by atoms with Gasteiger partial charge in [0.15, 0.2) is 5.82 Å². The van der Waals surface area contributed by atoms with Crippen molar-refractivity contribution in [3.8, 4) is 28.3 Å². The molecule has 10 nitrogen and oxygen atoms in total. The Labute approximate surface area is 236 Å². The smallest absolute Gasteiger partial charge is 0.325 e. The number of carbonyl (C=O) groups excluding carboxylic acids is 1. The van der Waals surface area contributed by atoms with Crippen LogP contribution in [0.3, 0.4) is 0 Å². The number of benzene rings is 2. The first kappa shape index (κ1) is 28.2. The third-order valence-corrected chi connectivity index (χ3v) is 6.70. The zero-order chi connectivity index (χ0) is 29.0. The average molecular weight is 566 g/mol. The largest absolute Gasteiger partial charge is 0.492 e. The highest BCUT2D eigenvalue weighted by Gasteiger charge is 2.21. The number of H-pyrrole nitrogens is 1. The van der Waals surface area contributed by atoms with Gasteiger partial charge < -0.3 is 19.9 Å². The lowest BCUT2D eigenvalue weighted by Gasteiger charge is -2.26. The minimum atomic E-state index is -0.667. The Morgan fingerprint density at radius 3 is 2.56 bits per heavy atom. The number of nitrogens with one attached hydrogen (secondary N) is 4. The number of hydrogen-bond donors (Lipinski definition) is 4. The molecule has 1 aliphatic heterocycles. The van der Waals surface area contributed by atoms with Crippen LogP contribution in [0.15, 0.2) is 53.1 Å². The summed E-state index contributed by atoms with van der Waals surface area (Å²) in [5.74, 6) is 0.154. The normalized spacial score (nSPS) is 14.2. The summed E-state index contributed by atoms with van der Waals surface area (Å²) in [6.07, 6.45) is 0. The van der Waals surface area contributed by atoms with E-state index in [1.807, 2.05) is 20.8 Å². The molecular formula is C29H33F2N7O3. The Hall–Kier alpha value is -4.29. The molecule has 2 aromatic heterocycles. The topological polar surface area (TPSA) is 120 Å². The van der Waals surface area contributed by atoms with Crippen molar-refractivity contribution in [2.75, 3.05) is 50.0 Å². The molecule has 0 atom stereocenters. The molecule has 0 aliphatic carbocycles. The molecule has 0 radical (unpaired) electrons. The maximum Gasteiger partial charge on any atom is 0.325 e. The molecule has 2 aromatic carbocycles. The molecule has 3 heterocycles. The number of halogens is 2. The van der Waals surface area contributed by atoms with Crippen molar-refractivity contribution in [1.29, 1.82) is 0 Å². The lowest BCUT2D eigenvalue weighted by atomic mass is 9.93. The fourth-order valence-corrected chi connectivity index (χ4v) is 4.37. The van der Waals surface area contributed by atoms with E-state index in [0.29, 0.717) is 40.6 Å². The van der Waals surface area contributed by atoms with E-state index in [0.717, 1.165) is 32.7 Å². The molecule has 2 amide bonds. The second-order valence-electron chi connectivity index (χ2n) is 10.8. The SMILES string of the molecule is CC(C)(C)c1cc(NC(=O)Nc2ccc(-c3cc(-c4ccc(OCCN5CCNCC5)cc4F)[nH]n3)cc2F)no1. The molecule has 0 spiro atoms. The second-order valence-corrected chi connectivity index (χ2v) is 10.8. The number of urea groups is 1. The summed E-state index contributed by atoms with van der Waals surface area (Å²) < 4.78 is 40.8. The number of nitrogens with zero attached hydrogens (tertiary/aromatic N) is 3. The molecule has 4 N–H and O–H groups in total. The number of ether oxygens (including phenoxy) is 1. The van der Waals surface area contributed by atoms with Gasteiger partial charge in [-0.05, 0) is 30.3 Å². The summed E-state index contributed by atoms with van der Waals surface area (Å²) in [4.78, 5) is 14.7. The molecule has 0 unspecified atom stereocenters. The molecule has 0 bridgehead atoms. The predicted molar refractivity (Wildman–Crippen MR) is 152 cm³/mol. The van der Waals surface area contributed by atoms with Gasteiger partial charge in [-0.25, -0.2) is 13.6 Å². The first-order valence-electron chi connectivity index (χ1n) is 13.4. The molecule has 0 saturated carbocycles. The number of hydrogen-bond acceptors (Lipinski definition) is 7. The standard InChI is InChI=1S/C29H33F2N7O3/c1-29(2,3)26-17-27(37-41-26)34-28(39)33-23-7-4-18(14-22(23)31)24-16-25(36-35-24)20-6-5-19(15-21(20)30)40-13-12-38-10-8-32-9-11-38/h4-7,14-17,32H,8-13H2,1-3H3,(H,35,36)(H2,33,34,37,39). The Morgan fingerprint density at radius 1 is 1.05 bits per heavy atom. The molecular weight excluding hydrogens is 532 g/mol. The average Bonchev–Trinajstić information content (AvgIpc) is 3.61. The third-order valence-electron chi connectivity index (χ3n) is 6.70. The molecule has 41 heavy (non-hydrogen) atoms. The van der Waals surface area contributed by atoms with E-state index in [9.17, 15) is 13.6 Å². The van der Waals surface area contributed by atoms with Crippen molar-refractivity contribution in [1.82, 2.24) is 25.6 Å². The van der Waals surface area contributed by atoms with Gasteiger partial charge in [-0.15, -0.1) is 0 Å². The van der Waals surface area contributed by atoms with Crippen LogP contribution in [-0.4, -0.2) is 65.6 Å². The van der Waals surface area contributed by atoms with Gasteiger partial charge in [-0.2, -0.15) is 5.10 Å². The van der Waals surface area contributed by atoms with E-state index in [-0.39, 0.29) is 16.9 Å². The number of carbonyl (C=O) groups is 1. The fraction of sp³-hybridized carbons (Fsp3) is 0.345. The molecule has 216 valence electrons. The first-order valence-corrected chi connectivity index (χ1v) is 13.4. The van der Waals surface area contributed by atoms with E-state index >= 15 is 0 Å². The Balaban J connectivity index is 1.19. The maximum atomic E-state index is 14.9. The number of anilines is 2. The van der Waals surface area contributed by atoms with E-state index in [1.54, 1.807) is 30.3 Å². The summed E-state index contributed by atoms with van der Waals surface area (Å²) >= 11 is 0. The molecule has 1 aliphatic rings. The highest BCUT2D eigenvalue weighted by Crippen LogP contribution is 2.30. The van der Waals surface area contributed by atoms with Crippen molar-refractivity contribution >= 4 is 17.5 Å². The van der Waals surface area contributed by atoms with Crippen molar-refractivity contribution in [2.24, 2.45) is 0 Å². The fourth-order valence-electron chi connectivity index (χ4n) is 4.37. The van der Waals surface area contributed by atoms with E-state index in [4.69, 9.17) is 9.26 Å². The molecule has 4 aromatic rings. The maximum absolute atomic E-state index is 14.9. The van der Waals surface area contributed by atoms with Crippen LogP contribution in [0.5, 0.6) is 5.75 Å². The highest BCUT2D eigenvalue weighted by atomic mass is 19.1. The van der Waals surface area contributed by atoms with Crippen LogP contribution in [0.25, 0.3) is 22.5 Å². The van der Waals surface area contributed by atoms with Gasteiger partial charge in [0.05, 0.1) is 17.1 Å². The zero-order valence-electron chi connectivity index (χ0n) is 23.2. The highest BCUT2D eigenvalue weighted by molar-refractivity contribution is 5.99. The quantitative estimate of drug-likeness (QED) is 0.231. The second kappa shape index (κ2) is 12.1. The van der Waals surface area contributed by atoms with Crippen LogP contribution in [0.2, 0.25) is 0 Å².